The maximum absolute atomic E-state index is 11.6. The van der Waals surface area contributed by atoms with E-state index < -0.39 is 6.09 Å². The van der Waals surface area contributed by atoms with Crippen LogP contribution in [-0.2, 0) is 16.1 Å². The van der Waals surface area contributed by atoms with Gasteiger partial charge >= 0.3 is 6.09 Å². The molecule has 1 aromatic rings. The number of carbonyl (C=O) groups is 1. The van der Waals surface area contributed by atoms with Crippen molar-refractivity contribution in [3.05, 3.63) is 48.6 Å². The van der Waals surface area contributed by atoms with Gasteiger partial charge in [-0.25, -0.2) is 4.79 Å². The molecule has 1 aliphatic rings. The number of ether oxygens (including phenoxy) is 2. The highest BCUT2D eigenvalue weighted by molar-refractivity contribution is 5.67. The van der Waals surface area contributed by atoms with Crippen LogP contribution in [0.1, 0.15) is 12.0 Å². The molecule has 0 radical (unpaired) electrons. The molecule has 18 heavy (non-hydrogen) atoms. The minimum Gasteiger partial charge on any atom is -0.445 e. The first-order valence-corrected chi connectivity index (χ1v) is 6.01. The number of alkyl carbamates (subject to hydrolysis) is 1. The average Bonchev–Trinajstić information content (AvgIpc) is 2.85. The Kier molecular flexibility index (Phi) is 4.36. The number of hydrogen-bond acceptors (Lipinski definition) is 3. The lowest BCUT2D eigenvalue weighted by Gasteiger charge is -2.16. The second-order valence-electron chi connectivity index (χ2n) is 4.17. The molecule has 1 saturated heterocycles. The van der Waals surface area contributed by atoms with Crippen LogP contribution in [0, 0.1) is 0 Å². The van der Waals surface area contributed by atoms with Crippen molar-refractivity contribution in [2.45, 2.75) is 25.2 Å². The van der Waals surface area contributed by atoms with Crippen molar-refractivity contribution < 1.29 is 14.3 Å². The van der Waals surface area contributed by atoms with Crippen molar-refractivity contribution in [1.29, 1.82) is 0 Å². The Morgan fingerprint density at radius 2 is 2.28 bits per heavy atom. The van der Waals surface area contributed by atoms with Crippen LogP contribution in [0.3, 0.4) is 0 Å². The van der Waals surface area contributed by atoms with Crippen molar-refractivity contribution in [1.82, 2.24) is 5.32 Å². The molecule has 1 fully saturated rings. The Bertz CT molecular complexity index is 405. The lowest BCUT2D eigenvalue weighted by atomic mass is 10.1. The Labute approximate surface area is 107 Å². The number of nitrogens with one attached hydrogen (secondary N) is 1. The number of carbonyl (C=O) groups excluding carboxylic acids is 1. The molecule has 0 saturated carbocycles. The normalized spacial score (nSPS) is 22.4. The summed E-state index contributed by atoms with van der Waals surface area (Å²) in [6, 6.07) is 9.54. The topological polar surface area (TPSA) is 47.6 Å². The zero-order chi connectivity index (χ0) is 12.8. The minimum atomic E-state index is -0.416. The third-order valence-electron chi connectivity index (χ3n) is 2.88. The number of amides is 1. The van der Waals surface area contributed by atoms with Gasteiger partial charge in [0.05, 0.1) is 12.1 Å². The van der Waals surface area contributed by atoms with Crippen LogP contribution < -0.4 is 5.32 Å². The third kappa shape index (κ3) is 3.34. The van der Waals surface area contributed by atoms with Crippen LogP contribution in [-0.4, -0.2) is 24.8 Å². The van der Waals surface area contributed by atoms with E-state index >= 15 is 0 Å². The molecule has 4 nitrogen and oxygen atoms in total. The standard InChI is InChI=1S/C14H17NO3/c1-2-13-12(8-9-17-13)15-14(16)18-10-11-6-4-3-5-7-11/h2-7,12-13H,1,8-10H2,(H,15,16)/t12-,13+/m1/s1. The van der Waals surface area contributed by atoms with Gasteiger partial charge in [0.1, 0.15) is 6.61 Å². The summed E-state index contributed by atoms with van der Waals surface area (Å²) in [6.07, 6.45) is 1.96. The second-order valence-corrected chi connectivity index (χ2v) is 4.17. The fraction of sp³-hybridized carbons (Fsp3) is 0.357. The summed E-state index contributed by atoms with van der Waals surface area (Å²) in [4.78, 5) is 11.6. The van der Waals surface area contributed by atoms with E-state index in [-0.39, 0.29) is 18.8 Å². The fourth-order valence-corrected chi connectivity index (χ4v) is 1.91. The number of benzene rings is 1. The summed E-state index contributed by atoms with van der Waals surface area (Å²) in [5.74, 6) is 0. The van der Waals surface area contributed by atoms with E-state index in [4.69, 9.17) is 9.47 Å². The molecule has 2 atom stereocenters. The van der Waals surface area contributed by atoms with Crippen LogP contribution in [0.25, 0.3) is 0 Å². The van der Waals surface area contributed by atoms with Crippen LogP contribution >= 0.6 is 0 Å². The molecular formula is C14H17NO3. The van der Waals surface area contributed by atoms with E-state index in [1.807, 2.05) is 30.3 Å². The van der Waals surface area contributed by atoms with Crippen LogP contribution in [0.2, 0.25) is 0 Å². The van der Waals surface area contributed by atoms with E-state index in [2.05, 4.69) is 11.9 Å². The summed E-state index contributed by atoms with van der Waals surface area (Å²) >= 11 is 0. The summed E-state index contributed by atoms with van der Waals surface area (Å²) in [7, 11) is 0. The highest BCUT2D eigenvalue weighted by atomic mass is 16.5. The summed E-state index contributed by atoms with van der Waals surface area (Å²) in [5.41, 5.74) is 0.968. The minimum absolute atomic E-state index is 0.0363. The summed E-state index contributed by atoms with van der Waals surface area (Å²) in [5, 5.41) is 2.79. The van der Waals surface area contributed by atoms with Gasteiger partial charge < -0.3 is 14.8 Å². The van der Waals surface area contributed by atoms with Gasteiger partial charge in [-0.2, -0.15) is 0 Å². The molecule has 96 valence electrons. The fourth-order valence-electron chi connectivity index (χ4n) is 1.91. The first-order valence-electron chi connectivity index (χ1n) is 6.01. The van der Waals surface area contributed by atoms with E-state index in [0.29, 0.717) is 6.61 Å². The number of hydrogen-bond donors (Lipinski definition) is 1. The van der Waals surface area contributed by atoms with Crippen molar-refractivity contribution in [2.24, 2.45) is 0 Å². The zero-order valence-corrected chi connectivity index (χ0v) is 10.2. The highest BCUT2D eigenvalue weighted by Gasteiger charge is 2.27. The molecule has 1 aromatic carbocycles. The number of rotatable bonds is 4. The maximum Gasteiger partial charge on any atom is 0.407 e. The van der Waals surface area contributed by atoms with Gasteiger partial charge in [-0.05, 0) is 12.0 Å². The molecule has 0 aliphatic carbocycles. The van der Waals surface area contributed by atoms with Gasteiger partial charge in [-0.1, -0.05) is 36.4 Å². The van der Waals surface area contributed by atoms with E-state index in [9.17, 15) is 4.79 Å². The van der Waals surface area contributed by atoms with Gasteiger partial charge in [0.25, 0.3) is 0 Å². The predicted molar refractivity (Wildman–Crippen MR) is 68.1 cm³/mol. The van der Waals surface area contributed by atoms with Crippen molar-refractivity contribution >= 4 is 6.09 Å². The van der Waals surface area contributed by atoms with Crippen LogP contribution in [0.5, 0.6) is 0 Å². The molecule has 1 amide bonds. The first-order chi connectivity index (χ1) is 8.79. The van der Waals surface area contributed by atoms with Gasteiger partial charge in [0, 0.05) is 6.61 Å². The Morgan fingerprint density at radius 1 is 1.50 bits per heavy atom. The quantitative estimate of drug-likeness (QED) is 0.830. The SMILES string of the molecule is C=C[C@@H]1OCC[C@H]1NC(=O)OCc1ccccc1. The molecular weight excluding hydrogens is 230 g/mol. The third-order valence-corrected chi connectivity index (χ3v) is 2.88. The van der Waals surface area contributed by atoms with Gasteiger partial charge in [0.15, 0.2) is 0 Å². The van der Waals surface area contributed by atoms with E-state index in [1.54, 1.807) is 6.08 Å². The summed E-state index contributed by atoms with van der Waals surface area (Å²) in [6.45, 7) is 4.59. The molecule has 0 bridgehead atoms. The van der Waals surface area contributed by atoms with E-state index in [1.165, 1.54) is 0 Å². The monoisotopic (exact) mass is 247 g/mol. The molecule has 1 heterocycles. The second kappa shape index (κ2) is 6.21. The molecule has 2 rings (SSSR count). The van der Waals surface area contributed by atoms with Gasteiger partial charge in [0.2, 0.25) is 0 Å². The van der Waals surface area contributed by atoms with Crippen LogP contribution in [0.15, 0.2) is 43.0 Å². The molecule has 0 spiro atoms. The van der Waals surface area contributed by atoms with Gasteiger partial charge in [-0.15, -0.1) is 6.58 Å². The highest BCUT2D eigenvalue weighted by Crippen LogP contribution is 2.14. The Morgan fingerprint density at radius 3 is 3.00 bits per heavy atom. The lowest BCUT2D eigenvalue weighted by molar-refractivity contribution is 0.116. The molecule has 1 N–H and O–H groups in total. The molecule has 0 aromatic heterocycles. The smallest absolute Gasteiger partial charge is 0.407 e. The van der Waals surface area contributed by atoms with E-state index in [0.717, 1.165) is 12.0 Å². The Balaban J connectivity index is 1.77. The zero-order valence-electron chi connectivity index (χ0n) is 10.2. The maximum atomic E-state index is 11.6. The predicted octanol–water partition coefficient (Wildman–Crippen LogP) is 2.26. The largest absolute Gasteiger partial charge is 0.445 e. The average molecular weight is 247 g/mol. The van der Waals surface area contributed by atoms with Gasteiger partial charge in [-0.3, -0.25) is 0 Å². The molecule has 1 aliphatic heterocycles. The summed E-state index contributed by atoms with van der Waals surface area (Å²) < 4.78 is 10.5. The Hall–Kier alpha value is -1.81. The van der Waals surface area contributed by atoms with Crippen LogP contribution in [0.4, 0.5) is 4.79 Å². The van der Waals surface area contributed by atoms with Crippen molar-refractivity contribution in [3.8, 4) is 0 Å². The lowest BCUT2D eigenvalue weighted by Crippen LogP contribution is -2.39. The van der Waals surface area contributed by atoms with Crippen molar-refractivity contribution in [2.75, 3.05) is 6.61 Å². The van der Waals surface area contributed by atoms with Crippen molar-refractivity contribution in [3.63, 3.8) is 0 Å². The first kappa shape index (κ1) is 12.6. The molecule has 4 heteroatoms. The molecule has 0 unspecified atom stereocenters.